The second-order valence-electron chi connectivity index (χ2n) is 5.00. The first-order valence-corrected chi connectivity index (χ1v) is 9.41. The van der Waals surface area contributed by atoms with Crippen LogP contribution in [0.25, 0.3) is 0 Å². The second-order valence-corrected chi connectivity index (χ2v) is 7.06. The Hall–Kier alpha value is 0.714. The summed E-state index contributed by atoms with van der Waals surface area (Å²) in [7, 11) is 1.94. The largest absolute Gasteiger partial charge is 2.00 e. The van der Waals surface area contributed by atoms with E-state index >= 15 is 0 Å². The smallest absolute Gasteiger partial charge is 0.411 e. The van der Waals surface area contributed by atoms with Gasteiger partial charge >= 0.3 is 16.5 Å². The van der Waals surface area contributed by atoms with Crippen LogP contribution < -0.4 is 0 Å². The van der Waals surface area contributed by atoms with Gasteiger partial charge in [0.2, 0.25) is 0 Å². The summed E-state index contributed by atoms with van der Waals surface area (Å²) >= 11 is 19.5. The van der Waals surface area contributed by atoms with Gasteiger partial charge in [-0.2, -0.15) is 0 Å². The molecule has 7 heteroatoms. The molecule has 0 heterocycles. The van der Waals surface area contributed by atoms with Gasteiger partial charge in [-0.05, 0) is 19.3 Å². The van der Waals surface area contributed by atoms with E-state index < -0.39 is 0 Å². The number of thiocarbonyl (C=S) groups is 2. The minimum atomic E-state index is 0. The number of nitrogens with zero attached hydrogens (tertiary/aromatic N) is 2. The third kappa shape index (κ3) is 18.8. The molecule has 0 unspecified atom stereocenters. The number of hydrogen-bond acceptors (Lipinski definition) is 4. The van der Waals surface area contributed by atoms with Crippen molar-refractivity contribution in [3.05, 3.63) is 0 Å². The van der Waals surface area contributed by atoms with Crippen molar-refractivity contribution in [3.63, 3.8) is 0 Å². The van der Waals surface area contributed by atoms with E-state index in [4.69, 9.17) is 49.7 Å². The van der Waals surface area contributed by atoms with E-state index in [1.54, 1.807) is 0 Å². The minimum absolute atomic E-state index is 0. The standard InChI is InChI=1S/C9H19NS2.C6H13NS2.Ni/c1-3-5-7-10(9(11)12)8-6-4-2;1-3-4-5-7(2)6(8)9;/h3-8H2,1-2H3,(H,11,12);3-5H2,1-2H3,(H,8,9);/q;;+2/p-2. The number of unbranched alkanes of at least 4 members (excludes halogenated alkanes) is 3. The average molecular weight is 425 g/mol. The van der Waals surface area contributed by atoms with E-state index in [0.29, 0.717) is 8.64 Å². The Morgan fingerprint density at radius 2 is 1.14 bits per heavy atom. The predicted molar refractivity (Wildman–Crippen MR) is 109 cm³/mol. The molecular formula is C15H30N2NiS4. The molecule has 0 aromatic rings. The van der Waals surface area contributed by atoms with E-state index in [0.717, 1.165) is 19.6 Å². The maximum atomic E-state index is 4.98. The van der Waals surface area contributed by atoms with Gasteiger partial charge < -0.3 is 59.5 Å². The van der Waals surface area contributed by atoms with E-state index in [2.05, 4.69) is 25.7 Å². The Bertz CT molecular complexity index is 270. The molecule has 0 aliphatic heterocycles. The van der Waals surface area contributed by atoms with Crippen LogP contribution in [0.5, 0.6) is 0 Å². The zero-order chi connectivity index (χ0) is 16.7. The zero-order valence-corrected chi connectivity index (χ0v) is 18.5. The fourth-order valence-corrected chi connectivity index (χ4v) is 2.03. The third-order valence-electron chi connectivity index (χ3n) is 2.98. The predicted octanol–water partition coefficient (Wildman–Crippen LogP) is 4.27. The molecule has 0 fully saturated rings. The maximum absolute atomic E-state index is 4.98. The molecule has 134 valence electrons. The molecule has 0 saturated carbocycles. The first-order valence-electron chi connectivity index (χ1n) is 7.78. The van der Waals surface area contributed by atoms with Crippen molar-refractivity contribution in [3.8, 4) is 0 Å². The monoisotopic (exact) mass is 424 g/mol. The van der Waals surface area contributed by atoms with Crippen LogP contribution in [0.3, 0.4) is 0 Å². The van der Waals surface area contributed by atoms with E-state index in [1.165, 1.54) is 38.5 Å². The molecule has 0 atom stereocenters. The first-order chi connectivity index (χ1) is 9.90. The first kappa shape index (κ1) is 27.6. The van der Waals surface area contributed by atoms with Crippen LogP contribution in [0.15, 0.2) is 0 Å². The molecule has 0 saturated heterocycles. The van der Waals surface area contributed by atoms with Crippen LogP contribution in [0.1, 0.15) is 59.3 Å². The summed E-state index contributed by atoms with van der Waals surface area (Å²) in [5.41, 5.74) is 0. The summed E-state index contributed by atoms with van der Waals surface area (Å²) in [6, 6.07) is 0. The van der Waals surface area contributed by atoms with Gasteiger partial charge in [0.05, 0.1) is 0 Å². The van der Waals surface area contributed by atoms with E-state index in [9.17, 15) is 0 Å². The topological polar surface area (TPSA) is 6.48 Å². The molecule has 0 amide bonds. The Morgan fingerprint density at radius 3 is 1.41 bits per heavy atom. The summed E-state index contributed by atoms with van der Waals surface area (Å²) in [6.07, 6.45) is 7.18. The van der Waals surface area contributed by atoms with Crippen molar-refractivity contribution in [1.29, 1.82) is 0 Å². The van der Waals surface area contributed by atoms with Gasteiger partial charge in [-0.1, -0.05) is 48.7 Å². The summed E-state index contributed by atoms with van der Waals surface area (Å²) in [4.78, 5) is 4.06. The quantitative estimate of drug-likeness (QED) is 0.307. The molecule has 0 aromatic heterocycles. The summed E-state index contributed by atoms with van der Waals surface area (Å²) in [6.45, 7) is 9.60. The molecule has 0 radical (unpaired) electrons. The van der Waals surface area contributed by atoms with Gasteiger partial charge in [0.15, 0.2) is 0 Å². The second kappa shape index (κ2) is 19.8. The summed E-state index contributed by atoms with van der Waals surface area (Å²) < 4.78 is 1.21. The Labute approximate surface area is 169 Å². The fourth-order valence-electron chi connectivity index (χ4n) is 1.48. The maximum Gasteiger partial charge on any atom is 2.00 e. The van der Waals surface area contributed by atoms with Crippen molar-refractivity contribution < 1.29 is 16.5 Å². The van der Waals surface area contributed by atoms with Gasteiger partial charge in [-0.15, -0.1) is 0 Å². The molecular weight excluding hydrogens is 395 g/mol. The molecule has 0 rings (SSSR count). The Kier molecular flexibility index (Phi) is 24.7. The van der Waals surface area contributed by atoms with Crippen molar-refractivity contribution in [2.45, 2.75) is 59.3 Å². The van der Waals surface area contributed by atoms with Crippen molar-refractivity contribution in [1.82, 2.24) is 9.80 Å². The minimum Gasteiger partial charge on any atom is -0.411 e. The molecule has 0 bridgehead atoms. The number of hydrogen-bond donors (Lipinski definition) is 0. The van der Waals surface area contributed by atoms with Crippen molar-refractivity contribution in [2.75, 3.05) is 26.7 Å². The SMILES string of the molecule is CCCCN(C)C(=S)[S-].CCCCN(CCCC)C(=S)[S-].[Ni+2]. The van der Waals surface area contributed by atoms with Crippen LogP contribution in [0, 0.1) is 0 Å². The van der Waals surface area contributed by atoms with Crippen LogP contribution in [-0.4, -0.2) is 45.1 Å². The summed E-state index contributed by atoms with van der Waals surface area (Å²) in [5, 5.41) is 0. The molecule has 22 heavy (non-hydrogen) atoms. The zero-order valence-electron chi connectivity index (χ0n) is 14.2. The Morgan fingerprint density at radius 1 is 0.773 bits per heavy atom. The molecule has 0 spiro atoms. The number of rotatable bonds is 9. The van der Waals surface area contributed by atoms with Crippen molar-refractivity contribution >= 4 is 58.3 Å². The average Bonchev–Trinajstić information content (AvgIpc) is 2.45. The van der Waals surface area contributed by atoms with E-state index in [1.807, 2.05) is 11.9 Å². The van der Waals surface area contributed by atoms with Gasteiger partial charge in [0, 0.05) is 26.7 Å². The third-order valence-corrected chi connectivity index (χ3v) is 4.12. The van der Waals surface area contributed by atoms with Crippen LogP contribution in [-0.2, 0) is 41.7 Å². The van der Waals surface area contributed by atoms with Crippen LogP contribution >= 0.6 is 24.4 Å². The fraction of sp³-hybridized carbons (Fsp3) is 0.867. The normalized spacial score (nSPS) is 9.09. The van der Waals surface area contributed by atoms with Gasteiger partial charge in [0.1, 0.15) is 0 Å². The van der Waals surface area contributed by atoms with Gasteiger partial charge in [-0.3, -0.25) is 0 Å². The van der Waals surface area contributed by atoms with Gasteiger partial charge in [0.25, 0.3) is 0 Å². The van der Waals surface area contributed by atoms with Crippen LogP contribution in [0.4, 0.5) is 0 Å². The molecule has 0 aliphatic rings. The molecule has 2 nitrogen and oxygen atoms in total. The van der Waals surface area contributed by atoms with Gasteiger partial charge in [-0.25, -0.2) is 0 Å². The molecule has 0 aliphatic carbocycles. The van der Waals surface area contributed by atoms with Crippen LogP contribution in [0.2, 0.25) is 0 Å². The van der Waals surface area contributed by atoms with Crippen molar-refractivity contribution in [2.24, 2.45) is 0 Å². The molecule has 0 N–H and O–H groups in total. The summed E-state index contributed by atoms with van der Waals surface area (Å²) in [5.74, 6) is 0. The Balaban J connectivity index is -0.000000326. The van der Waals surface area contributed by atoms with E-state index in [-0.39, 0.29) is 16.5 Å². The molecule has 0 aromatic carbocycles.